The summed E-state index contributed by atoms with van der Waals surface area (Å²) in [5.41, 5.74) is 1.61. The van der Waals surface area contributed by atoms with E-state index in [0.29, 0.717) is 58.8 Å². The van der Waals surface area contributed by atoms with Crippen molar-refractivity contribution >= 4 is 11.8 Å². The van der Waals surface area contributed by atoms with E-state index in [-0.39, 0.29) is 0 Å². The minimum absolute atomic E-state index is 0.456. The van der Waals surface area contributed by atoms with Crippen LogP contribution in [0.15, 0.2) is 46.0 Å². The van der Waals surface area contributed by atoms with E-state index in [1.807, 2.05) is 54.8 Å². The van der Waals surface area contributed by atoms with Crippen molar-refractivity contribution in [3.05, 3.63) is 48.2 Å². The number of hydrogen-bond donors (Lipinski definition) is 0. The molecule has 0 N–H and O–H groups in total. The van der Waals surface area contributed by atoms with E-state index in [0.717, 1.165) is 17.0 Å². The first kappa shape index (κ1) is 24.4. The summed E-state index contributed by atoms with van der Waals surface area (Å²) in [5.74, 6) is 4.53. The molecular weight excluding hydrogens is 470 g/mol. The lowest BCUT2D eigenvalue weighted by atomic mass is 10.1. The summed E-state index contributed by atoms with van der Waals surface area (Å²) in [4.78, 5) is 0. The second-order valence-electron chi connectivity index (χ2n) is 7.21. The maximum Gasteiger partial charge on any atom is 0.226 e. The Bertz CT molecular complexity index is 1250. The van der Waals surface area contributed by atoms with Crippen molar-refractivity contribution in [1.82, 2.24) is 25.0 Å². The number of aryl methyl sites for hydroxylation is 1. The van der Waals surface area contributed by atoms with Crippen LogP contribution in [0.25, 0.3) is 17.1 Å². The van der Waals surface area contributed by atoms with Crippen LogP contribution in [0.4, 0.5) is 0 Å². The van der Waals surface area contributed by atoms with Gasteiger partial charge in [0.25, 0.3) is 0 Å². The number of thioether (sulfide) groups is 1. The van der Waals surface area contributed by atoms with Gasteiger partial charge in [0.05, 0.1) is 33.7 Å². The van der Waals surface area contributed by atoms with Crippen molar-refractivity contribution in [3.8, 4) is 40.1 Å². The largest absolute Gasteiger partial charge is 0.494 e. The van der Waals surface area contributed by atoms with E-state index in [1.54, 1.807) is 21.3 Å². The van der Waals surface area contributed by atoms with Gasteiger partial charge in [0, 0.05) is 17.7 Å². The molecule has 0 aliphatic carbocycles. The smallest absolute Gasteiger partial charge is 0.226 e. The molecule has 0 fully saturated rings. The molecule has 10 nitrogen and oxygen atoms in total. The zero-order valence-corrected chi connectivity index (χ0v) is 21.1. The van der Waals surface area contributed by atoms with Gasteiger partial charge in [-0.3, -0.25) is 4.57 Å². The minimum Gasteiger partial charge on any atom is -0.494 e. The topological polar surface area (TPSA) is 107 Å². The van der Waals surface area contributed by atoms with Crippen LogP contribution in [0.5, 0.6) is 23.0 Å². The molecule has 11 heteroatoms. The molecule has 35 heavy (non-hydrogen) atoms. The van der Waals surface area contributed by atoms with Crippen molar-refractivity contribution in [1.29, 1.82) is 0 Å². The second kappa shape index (κ2) is 11.1. The number of benzene rings is 2. The Labute approximate surface area is 207 Å². The van der Waals surface area contributed by atoms with Gasteiger partial charge in [0.1, 0.15) is 5.75 Å². The van der Waals surface area contributed by atoms with Crippen molar-refractivity contribution in [3.63, 3.8) is 0 Å². The summed E-state index contributed by atoms with van der Waals surface area (Å²) in [6, 6.07) is 11.4. The fourth-order valence-corrected chi connectivity index (χ4v) is 4.26. The highest BCUT2D eigenvalue weighted by Crippen LogP contribution is 2.42. The minimum atomic E-state index is 0.456. The highest BCUT2D eigenvalue weighted by molar-refractivity contribution is 7.98. The Balaban J connectivity index is 1.78. The van der Waals surface area contributed by atoms with Gasteiger partial charge >= 0.3 is 0 Å². The van der Waals surface area contributed by atoms with E-state index in [9.17, 15) is 0 Å². The van der Waals surface area contributed by atoms with Gasteiger partial charge in [-0.1, -0.05) is 18.7 Å². The van der Waals surface area contributed by atoms with Crippen LogP contribution in [-0.2, 0) is 12.2 Å². The normalized spacial score (nSPS) is 10.9. The molecule has 0 saturated heterocycles. The average molecular weight is 498 g/mol. The van der Waals surface area contributed by atoms with E-state index >= 15 is 0 Å². The molecule has 0 bridgehead atoms. The Hall–Kier alpha value is -3.73. The van der Waals surface area contributed by atoms with Gasteiger partial charge in [-0.2, -0.15) is 0 Å². The van der Waals surface area contributed by atoms with E-state index in [2.05, 4.69) is 20.4 Å². The first-order valence-corrected chi connectivity index (χ1v) is 12.0. The lowest BCUT2D eigenvalue weighted by Crippen LogP contribution is -2.02. The molecule has 0 amide bonds. The second-order valence-corrected chi connectivity index (χ2v) is 8.16. The number of rotatable bonds is 11. The van der Waals surface area contributed by atoms with Crippen LogP contribution in [-0.4, -0.2) is 52.9 Å². The van der Waals surface area contributed by atoms with Gasteiger partial charge in [-0.25, -0.2) is 0 Å². The van der Waals surface area contributed by atoms with Crippen LogP contribution in [0.1, 0.15) is 25.6 Å². The molecule has 4 rings (SSSR count). The molecule has 4 aromatic rings. The lowest BCUT2D eigenvalue weighted by molar-refractivity contribution is 0.324. The van der Waals surface area contributed by atoms with Gasteiger partial charge in [0.15, 0.2) is 22.5 Å². The third-order valence-corrected chi connectivity index (χ3v) is 6.01. The predicted octanol–water partition coefficient (Wildman–Crippen LogP) is 4.60. The SMILES string of the molecule is CCOc1ccc(-n2c(SCc3nnc(CC)o3)nnc2-c2cc(OC)c(OC)c(OC)c2)cc1. The lowest BCUT2D eigenvalue weighted by Gasteiger charge is -2.15. The number of methoxy groups -OCH3 is 3. The van der Waals surface area contributed by atoms with Crippen molar-refractivity contribution in [2.75, 3.05) is 27.9 Å². The first-order valence-electron chi connectivity index (χ1n) is 11.0. The number of nitrogens with zero attached hydrogens (tertiary/aromatic N) is 5. The van der Waals surface area contributed by atoms with Gasteiger partial charge in [0.2, 0.25) is 17.5 Å². The summed E-state index contributed by atoms with van der Waals surface area (Å²) >= 11 is 1.45. The molecule has 2 aromatic heterocycles. The van der Waals surface area contributed by atoms with E-state index in [4.69, 9.17) is 23.4 Å². The highest BCUT2D eigenvalue weighted by Gasteiger charge is 2.21. The Morgan fingerprint density at radius 2 is 1.54 bits per heavy atom. The predicted molar refractivity (Wildman–Crippen MR) is 131 cm³/mol. The fourth-order valence-electron chi connectivity index (χ4n) is 3.47. The van der Waals surface area contributed by atoms with Gasteiger partial charge < -0.3 is 23.4 Å². The molecule has 0 saturated carbocycles. The first-order chi connectivity index (χ1) is 17.1. The molecule has 0 radical (unpaired) electrons. The highest BCUT2D eigenvalue weighted by atomic mass is 32.2. The summed E-state index contributed by atoms with van der Waals surface area (Å²) in [7, 11) is 4.72. The van der Waals surface area contributed by atoms with Crippen molar-refractivity contribution < 1.29 is 23.4 Å². The average Bonchev–Trinajstić information content (AvgIpc) is 3.54. The van der Waals surface area contributed by atoms with Gasteiger partial charge in [-0.05, 0) is 43.3 Å². The Morgan fingerprint density at radius 3 is 2.11 bits per heavy atom. The van der Waals surface area contributed by atoms with Crippen LogP contribution < -0.4 is 18.9 Å². The number of hydrogen-bond acceptors (Lipinski definition) is 10. The molecule has 0 aliphatic heterocycles. The molecule has 0 unspecified atom stereocenters. The number of ether oxygens (including phenoxy) is 4. The molecule has 2 heterocycles. The van der Waals surface area contributed by atoms with Crippen molar-refractivity contribution in [2.45, 2.75) is 31.2 Å². The zero-order valence-electron chi connectivity index (χ0n) is 20.3. The van der Waals surface area contributed by atoms with Gasteiger partial charge in [-0.15, -0.1) is 20.4 Å². The third kappa shape index (κ3) is 5.19. The summed E-state index contributed by atoms with van der Waals surface area (Å²) < 4.78 is 29.8. The van der Waals surface area contributed by atoms with E-state index < -0.39 is 0 Å². The standard InChI is InChI=1S/C24H27N5O5S/c1-6-20-25-26-21(34-20)14-35-24-28-27-23(29(24)16-8-10-17(11-9-16)33-7-2)15-12-18(30-3)22(32-5)19(13-15)31-4/h8-13H,6-7,14H2,1-5H3. The van der Waals surface area contributed by atoms with Crippen LogP contribution >= 0.6 is 11.8 Å². The fraction of sp³-hybridized carbons (Fsp3) is 0.333. The zero-order chi connectivity index (χ0) is 24.8. The van der Waals surface area contributed by atoms with Crippen LogP contribution in [0.2, 0.25) is 0 Å². The summed E-state index contributed by atoms with van der Waals surface area (Å²) in [5, 5.41) is 17.8. The summed E-state index contributed by atoms with van der Waals surface area (Å²) in [6.07, 6.45) is 0.686. The third-order valence-electron chi connectivity index (χ3n) is 5.10. The monoisotopic (exact) mass is 497 g/mol. The maximum absolute atomic E-state index is 5.66. The van der Waals surface area contributed by atoms with Crippen molar-refractivity contribution in [2.24, 2.45) is 0 Å². The van der Waals surface area contributed by atoms with Crippen LogP contribution in [0, 0.1) is 0 Å². The molecule has 0 spiro atoms. The molecule has 2 aromatic carbocycles. The maximum atomic E-state index is 5.66. The van der Waals surface area contributed by atoms with E-state index in [1.165, 1.54) is 11.8 Å². The quantitative estimate of drug-likeness (QED) is 0.273. The molecular formula is C24H27N5O5S. The Kier molecular flexibility index (Phi) is 7.76. The molecule has 0 aliphatic rings. The number of aromatic nitrogens is 5. The van der Waals surface area contributed by atoms with Crippen LogP contribution in [0.3, 0.4) is 0 Å². The Morgan fingerprint density at radius 1 is 0.857 bits per heavy atom. The summed E-state index contributed by atoms with van der Waals surface area (Å²) in [6.45, 7) is 4.51. The molecule has 184 valence electrons. The molecule has 0 atom stereocenters.